The molecule has 4 aliphatic rings. The van der Waals surface area contributed by atoms with Crippen LogP contribution < -0.4 is 0 Å². The number of rotatable bonds is 4. The molecule has 31 heavy (non-hydrogen) atoms. The maximum absolute atomic E-state index is 13.6. The summed E-state index contributed by atoms with van der Waals surface area (Å²) in [5, 5.41) is 0. The molecule has 6 heteroatoms. The predicted octanol–water partition coefficient (Wildman–Crippen LogP) is 2.78. The molecule has 1 aromatic carbocycles. The summed E-state index contributed by atoms with van der Waals surface area (Å²) in [5.74, 6) is 0.664. The SMILES string of the molecule is O=C(C1CC2CCCCC2N1C(=O)c1ccccc1)N1CCN(CC2CCCO2)CC1. The van der Waals surface area contributed by atoms with Crippen LogP contribution in [0.5, 0.6) is 0 Å². The lowest BCUT2D eigenvalue weighted by Gasteiger charge is -2.39. The van der Waals surface area contributed by atoms with E-state index >= 15 is 0 Å². The predicted molar refractivity (Wildman–Crippen MR) is 119 cm³/mol. The Labute approximate surface area is 185 Å². The monoisotopic (exact) mass is 425 g/mol. The van der Waals surface area contributed by atoms with Crippen molar-refractivity contribution in [2.24, 2.45) is 5.92 Å². The Morgan fingerprint density at radius 1 is 0.935 bits per heavy atom. The first kappa shape index (κ1) is 21.0. The number of ether oxygens (including phenoxy) is 1. The minimum atomic E-state index is -0.300. The van der Waals surface area contributed by atoms with Crippen LogP contribution in [0.1, 0.15) is 55.3 Å². The number of benzene rings is 1. The molecular weight excluding hydrogens is 390 g/mol. The molecule has 1 aliphatic carbocycles. The van der Waals surface area contributed by atoms with Gasteiger partial charge in [-0.1, -0.05) is 31.0 Å². The van der Waals surface area contributed by atoms with Gasteiger partial charge >= 0.3 is 0 Å². The molecule has 4 unspecified atom stereocenters. The van der Waals surface area contributed by atoms with Crippen molar-refractivity contribution in [1.29, 1.82) is 0 Å². The van der Waals surface area contributed by atoms with Crippen molar-refractivity contribution in [3.8, 4) is 0 Å². The van der Waals surface area contributed by atoms with E-state index in [0.29, 0.717) is 17.6 Å². The van der Waals surface area contributed by atoms with E-state index in [0.717, 1.165) is 71.4 Å². The lowest BCUT2D eigenvalue weighted by atomic mass is 9.84. The fourth-order valence-electron chi connectivity index (χ4n) is 6.14. The van der Waals surface area contributed by atoms with Crippen LogP contribution in [0.2, 0.25) is 0 Å². The number of amides is 2. The van der Waals surface area contributed by atoms with Gasteiger partial charge in [-0.05, 0) is 50.2 Å². The molecule has 3 saturated heterocycles. The van der Waals surface area contributed by atoms with Crippen molar-refractivity contribution < 1.29 is 14.3 Å². The van der Waals surface area contributed by atoms with Crippen LogP contribution in [0.15, 0.2) is 30.3 Å². The Kier molecular flexibility index (Phi) is 6.28. The molecule has 1 aromatic rings. The topological polar surface area (TPSA) is 53.1 Å². The molecule has 6 nitrogen and oxygen atoms in total. The highest BCUT2D eigenvalue weighted by Gasteiger charge is 2.48. The summed E-state index contributed by atoms with van der Waals surface area (Å²) >= 11 is 0. The van der Waals surface area contributed by atoms with Crippen molar-refractivity contribution >= 4 is 11.8 Å². The summed E-state index contributed by atoms with van der Waals surface area (Å²) in [6, 6.07) is 9.43. The van der Waals surface area contributed by atoms with E-state index < -0.39 is 0 Å². The Hall–Kier alpha value is -1.92. The van der Waals surface area contributed by atoms with Crippen LogP contribution in [-0.2, 0) is 9.53 Å². The zero-order chi connectivity index (χ0) is 21.2. The first-order valence-corrected chi connectivity index (χ1v) is 12.2. The second-order valence-electron chi connectivity index (χ2n) is 9.70. The van der Waals surface area contributed by atoms with E-state index in [-0.39, 0.29) is 23.9 Å². The van der Waals surface area contributed by atoms with Gasteiger partial charge in [0, 0.05) is 50.9 Å². The average molecular weight is 426 g/mol. The first-order valence-electron chi connectivity index (χ1n) is 12.2. The van der Waals surface area contributed by atoms with E-state index in [9.17, 15) is 9.59 Å². The second kappa shape index (κ2) is 9.29. The summed E-state index contributed by atoms with van der Waals surface area (Å²) in [5.41, 5.74) is 0.702. The molecule has 2 amide bonds. The zero-order valence-corrected chi connectivity index (χ0v) is 18.5. The molecule has 3 aliphatic heterocycles. The molecule has 1 saturated carbocycles. The third kappa shape index (κ3) is 4.37. The van der Waals surface area contributed by atoms with Crippen LogP contribution >= 0.6 is 0 Å². The molecule has 168 valence electrons. The maximum atomic E-state index is 13.6. The lowest BCUT2D eigenvalue weighted by Crippen LogP contribution is -2.56. The van der Waals surface area contributed by atoms with Gasteiger partial charge in [-0.15, -0.1) is 0 Å². The van der Waals surface area contributed by atoms with Crippen molar-refractivity contribution in [3.05, 3.63) is 35.9 Å². The molecule has 0 N–H and O–H groups in total. The summed E-state index contributed by atoms with van der Waals surface area (Å²) in [6.45, 7) is 5.18. The fraction of sp³-hybridized carbons (Fsp3) is 0.680. The highest BCUT2D eigenvalue weighted by Crippen LogP contribution is 2.41. The second-order valence-corrected chi connectivity index (χ2v) is 9.70. The van der Waals surface area contributed by atoms with Crippen molar-refractivity contribution in [1.82, 2.24) is 14.7 Å². The quantitative estimate of drug-likeness (QED) is 0.744. The van der Waals surface area contributed by atoms with Gasteiger partial charge in [0.2, 0.25) is 5.91 Å². The van der Waals surface area contributed by atoms with E-state index in [4.69, 9.17) is 4.74 Å². The smallest absolute Gasteiger partial charge is 0.254 e. The first-order chi connectivity index (χ1) is 15.2. The number of piperazine rings is 1. The summed E-state index contributed by atoms with van der Waals surface area (Å²) in [6.07, 6.45) is 8.06. The van der Waals surface area contributed by atoms with Gasteiger partial charge in [-0.3, -0.25) is 14.5 Å². The lowest BCUT2D eigenvalue weighted by molar-refractivity contribution is -0.137. The molecule has 0 spiro atoms. The minimum absolute atomic E-state index is 0.0327. The average Bonchev–Trinajstić information content (AvgIpc) is 3.47. The summed E-state index contributed by atoms with van der Waals surface area (Å²) < 4.78 is 5.78. The molecule has 0 radical (unpaired) electrons. The number of hydrogen-bond acceptors (Lipinski definition) is 4. The number of carbonyl (C=O) groups is 2. The Balaban J connectivity index is 1.27. The number of carbonyl (C=O) groups excluding carboxylic acids is 2. The molecular formula is C25H35N3O3. The van der Waals surface area contributed by atoms with Gasteiger partial charge in [-0.2, -0.15) is 0 Å². The van der Waals surface area contributed by atoms with Crippen molar-refractivity contribution in [2.75, 3.05) is 39.3 Å². The van der Waals surface area contributed by atoms with E-state index in [1.54, 1.807) is 0 Å². The third-order valence-corrected chi connectivity index (χ3v) is 7.80. The third-order valence-electron chi connectivity index (χ3n) is 7.80. The molecule has 4 fully saturated rings. The van der Waals surface area contributed by atoms with Crippen LogP contribution in [0.4, 0.5) is 0 Å². The van der Waals surface area contributed by atoms with Crippen LogP contribution in [0.25, 0.3) is 0 Å². The number of fused-ring (bicyclic) bond motifs is 1. The summed E-state index contributed by atoms with van der Waals surface area (Å²) in [7, 11) is 0. The van der Waals surface area contributed by atoms with Crippen molar-refractivity contribution in [2.45, 2.75) is 63.1 Å². The Bertz CT molecular complexity index is 771. The van der Waals surface area contributed by atoms with Gasteiger partial charge in [0.05, 0.1) is 6.10 Å². The molecule has 0 aromatic heterocycles. The number of likely N-dealkylation sites (tertiary alicyclic amines) is 1. The zero-order valence-electron chi connectivity index (χ0n) is 18.5. The molecule has 5 rings (SSSR count). The Morgan fingerprint density at radius 2 is 1.71 bits per heavy atom. The minimum Gasteiger partial charge on any atom is -0.377 e. The Morgan fingerprint density at radius 3 is 2.45 bits per heavy atom. The van der Waals surface area contributed by atoms with Crippen LogP contribution in [0.3, 0.4) is 0 Å². The van der Waals surface area contributed by atoms with Gasteiger partial charge in [-0.25, -0.2) is 0 Å². The van der Waals surface area contributed by atoms with E-state index in [1.165, 1.54) is 12.8 Å². The van der Waals surface area contributed by atoms with Crippen molar-refractivity contribution in [3.63, 3.8) is 0 Å². The van der Waals surface area contributed by atoms with Gasteiger partial charge in [0.15, 0.2) is 0 Å². The summed E-state index contributed by atoms with van der Waals surface area (Å²) in [4.78, 5) is 33.5. The highest BCUT2D eigenvalue weighted by atomic mass is 16.5. The fourth-order valence-corrected chi connectivity index (χ4v) is 6.14. The maximum Gasteiger partial charge on any atom is 0.254 e. The van der Waals surface area contributed by atoms with Crippen LogP contribution in [0, 0.1) is 5.92 Å². The molecule has 3 heterocycles. The number of nitrogens with zero attached hydrogens (tertiary/aromatic N) is 3. The van der Waals surface area contributed by atoms with Gasteiger partial charge in [0.1, 0.15) is 6.04 Å². The largest absolute Gasteiger partial charge is 0.377 e. The van der Waals surface area contributed by atoms with E-state index in [2.05, 4.69) is 4.90 Å². The highest BCUT2D eigenvalue weighted by molar-refractivity contribution is 5.98. The van der Waals surface area contributed by atoms with Gasteiger partial charge in [0.25, 0.3) is 5.91 Å². The molecule has 4 atom stereocenters. The van der Waals surface area contributed by atoms with E-state index in [1.807, 2.05) is 40.1 Å². The standard InChI is InChI=1S/C25H35N3O3/c29-24(19-7-2-1-3-8-19)28-22-11-5-4-9-20(22)17-23(28)25(30)27-14-12-26(13-15-27)18-21-10-6-16-31-21/h1-3,7-8,20-23H,4-6,9-18H2. The number of hydrogen-bond donors (Lipinski definition) is 0. The van der Waals surface area contributed by atoms with Gasteiger partial charge < -0.3 is 14.5 Å². The normalized spacial score (nSPS) is 31.6. The molecule has 0 bridgehead atoms. The van der Waals surface area contributed by atoms with Crippen LogP contribution in [-0.4, -0.2) is 84.0 Å².